The molecular formula is C28H24F4N2O2. The zero-order valence-electron chi connectivity index (χ0n) is 19.2. The van der Waals surface area contributed by atoms with Gasteiger partial charge in [-0.2, -0.15) is 22.7 Å². The topological polar surface area (TPSA) is 34.1 Å². The fraction of sp³-hybridized carbons (Fsp3) is 0.250. The lowest BCUT2D eigenvalue weighted by molar-refractivity contribution is -0.0505. The highest BCUT2D eigenvalue weighted by molar-refractivity contribution is 6.08. The average Bonchev–Trinajstić information content (AvgIpc) is 3.26. The van der Waals surface area contributed by atoms with Crippen molar-refractivity contribution in [2.75, 3.05) is 5.01 Å². The van der Waals surface area contributed by atoms with Gasteiger partial charge in [0.15, 0.2) is 0 Å². The molecule has 1 aliphatic carbocycles. The van der Waals surface area contributed by atoms with Crippen molar-refractivity contribution < 1.29 is 27.0 Å². The van der Waals surface area contributed by atoms with Gasteiger partial charge < -0.3 is 9.47 Å². The van der Waals surface area contributed by atoms with Crippen LogP contribution in [0.25, 0.3) is 6.08 Å². The highest BCUT2D eigenvalue weighted by Gasteiger charge is 2.41. The van der Waals surface area contributed by atoms with Crippen LogP contribution in [-0.2, 0) is 0 Å². The van der Waals surface area contributed by atoms with Crippen molar-refractivity contribution >= 4 is 17.5 Å². The summed E-state index contributed by atoms with van der Waals surface area (Å²) in [6.45, 7) is -5.74. The van der Waals surface area contributed by atoms with Gasteiger partial charge in [0, 0.05) is 5.92 Å². The zero-order valence-corrected chi connectivity index (χ0v) is 19.2. The fourth-order valence-corrected chi connectivity index (χ4v) is 4.92. The second kappa shape index (κ2) is 10.4. The average molecular weight is 497 g/mol. The van der Waals surface area contributed by atoms with Crippen LogP contribution in [0.2, 0.25) is 0 Å². The Morgan fingerprint density at radius 1 is 0.806 bits per heavy atom. The quantitative estimate of drug-likeness (QED) is 0.315. The molecule has 3 aromatic rings. The van der Waals surface area contributed by atoms with Gasteiger partial charge >= 0.3 is 13.2 Å². The zero-order chi connectivity index (χ0) is 25.1. The van der Waals surface area contributed by atoms with Crippen molar-refractivity contribution in [1.82, 2.24) is 0 Å². The molecule has 3 aromatic carbocycles. The molecule has 0 spiro atoms. The van der Waals surface area contributed by atoms with Crippen LogP contribution in [0.5, 0.6) is 11.5 Å². The third-order valence-corrected chi connectivity index (χ3v) is 6.42. The van der Waals surface area contributed by atoms with Gasteiger partial charge in [0.2, 0.25) is 0 Å². The number of hydrogen-bond donors (Lipinski definition) is 0. The molecule has 0 N–H and O–H groups in total. The minimum absolute atomic E-state index is 0.103. The van der Waals surface area contributed by atoms with E-state index in [2.05, 4.69) is 9.47 Å². The van der Waals surface area contributed by atoms with Crippen LogP contribution in [0.4, 0.5) is 23.2 Å². The predicted octanol–water partition coefficient (Wildman–Crippen LogP) is 7.69. The highest BCUT2D eigenvalue weighted by Crippen LogP contribution is 2.46. The minimum Gasteiger partial charge on any atom is -0.435 e. The Hall–Kier alpha value is -3.81. The van der Waals surface area contributed by atoms with Crippen molar-refractivity contribution in [2.45, 2.75) is 38.5 Å². The van der Waals surface area contributed by atoms with Crippen molar-refractivity contribution in [2.24, 2.45) is 11.0 Å². The third-order valence-electron chi connectivity index (χ3n) is 6.42. The predicted molar refractivity (Wildman–Crippen MR) is 131 cm³/mol. The Balaban J connectivity index is 1.48. The number of nitrogens with zero attached hydrogens (tertiary/aromatic N) is 2. The summed E-state index contributed by atoms with van der Waals surface area (Å²) in [6.07, 6.45) is 4.79. The molecular weight excluding hydrogens is 472 g/mol. The summed E-state index contributed by atoms with van der Waals surface area (Å²) in [5.74, 6) is 0.331. The minimum atomic E-state index is -2.87. The van der Waals surface area contributed by atoms with Gasteiger partial charge in [-0.15, -0.1) is 0 Å². The number of hydrogen-bond acceptors (Lipinski definition) is 4. The number of anilines is 1. The van der Waals surface area contributed by atoms with Crippen LogP contribution >= 0.6 is 0 Å². The van der Waals surface area contributed by atoms with E-state index in [0.717, 1.165) is 47.4 Å². The van der Waals surface area contributed by atoms with Gasteiger partial charge in [-0.05, 0) is 78.4 Å². The van der Waals surface area contributed by atoms with E-state index in [-0.39, 0.29) is 23.5 Å². The van der Waals surface area contributed by atoms with Crippen LogP contribution in [-0.4, -0.2) is 18.9 Å². The SMILES string of the molecule is FC(F)Oc1ccc(/C=C2/CCC[C@@H]3C2=NN(c2ccccc2)[C@H]3c2ccc(OC(F)F)cc2)cc1. The van der Waals surface area contributed by atoms with E-state index in [1.807, 2.05) is 53.5 Å². The summed E-state index contributed by atoms with van der Waals surface area (Å²) >= 11 is 0. The smallest absolute Gasteiger partial charge is 0.387 e. The molecule has 0 unspecified atom stereocenters. The van der Waals surface area contributed by atoms with Gasteiger partial charge in [-0.25, -0.2) is 0 Å². The first kappa shape index (κ1) is 23.9. The Kier molecular flexibility index (Phi) is 6.93. The van der Waals surface area contributed by atoms with E-state index >= 15 is 0 Å². The molecule has 4 nitrogen and oxygen atoms in total. The summed E-state index contributed by atoms with van der Waals surface area (Å²) in [6, 6.07) is 23.0. The monoisotopic (exact) mass is 496 g/mol. The molecule has 0 amide bonds. The number of rotatable bonds is 7. The third kappa shape index (κ3) is 5.22. The molecule has 1 fully saturated rings. The maximum atomic E-state index is 12.6. The number of fused-ring (bicyclic) bond motifs is 1. The fourth-order valence-electron chi connectivity index (χ4n) is 4.92. The first-order valence-corrected chi connectivity index (χ1v) is 11.7. The lowest BCUT2D eigenvalue weighted by Gasteiger charge is -2.30. The summed E-state index contributed by atoms with van der Waals surface area (Å²) in [7, 11) is 0. The van der Waals surface area contributed by atoms with Crippen LogP contribution in [0.1, 0.15) is 36.4 Å². The van der Waals surface area contributed by atoms with E-state index in [1.54, 1.807) is 24.3 Å². The Morgan fingerprint density at radius 2 is 1.42 bits per heavy atom. The highest BCUT2D eigenvalue weighted by atomic mass is 19.3. The number of hydrazone groups is 1. The van der Waals surface area contributed by atoms with E-state index in [0.29, 0.717) is 0 Å². The van der Waals surface area contributed by atoms with E-state index in [9.17, 15) is 17.6 Å². The molecule has 0 aromatic heterocycles. The number of halogens is 4. The largest absolute Gasteiger partial charge is 0.435 e. The van der Waals surface area contributed by atoms with Gasteiger partial charge in [-0.3, -0.25) is 5.01 Å². The molecule has 0 bridgehead atoms. The summed E-state index contributed by atoms with van der Waals surface area (Å²) in [4.78, 5) is 0. The molecule has 0 radical (unpaired) electrons. The van der Waals surface area contributed by atoms with E-state index in [1.165, 1.54) is 12.1 Å². The maximum Gasteiger partial charge on any atom is 0.387 e. The molecule has 1 saturated carbocycles. The van der Waals surface area contributed by atoms with Crippen molar-refractivity contribution in [3.05, 3.63) is 95.6 Å². The van der Waals surface area contributed by atoms with Gasteiger partial charge in [0.05, 0.1) is 17.4 Å². The molecule has 0 saturated heterocycles. The van der Waals surface area contributed by atoms with Gasteiger partial charge in [0.25, 0.3) is 0 Å². The number of benzene rings is 3. The van der Waals surface area contributed by atoms with Gasteiger partial charge in [0.1, 0.15) is 11.5 Å². The molecule has 36 heavy (non-hydrogen) atoms. The lowest BCUT2D eigenvalue weighted by atomic mass is 9.77. The van der Waals surface area contributed by atoms with Gasteiger partial charge in [-0.1, -0.05) is 42.5 Å². The summed E-state index contributed by atoms with van der Waals surface area (Å²) in [5, 5.41) is 7.05. The van der Waals surface area contributed by atoms with Crippen LogP contribution in [0, 0.1) is 5.92 Å². The molecule has 1 heterocycles. The Bertz CT molecular complexity index is 1230. The van der Waals surface area contributed by atoms with Crippen molar-refractivity contribution in [3.63, 3.8) is 0 Å². The van der Waals surface area contributed by atoms with E-state index in [4.69, 9.17) is 5.10 Å². The van der Waals surface area contributed by atoms with Crippen molar-refractivity contribution in [1.29, 1.82) is 0 Å². The molecule has 2 aliphatic rings. The molecule has 2 atom stereocenters. The molecule has 8 heteroatoms. The number of ether oxygens (including phenoxy) is 2. The standard InChI is InChI=1S/C28H24F4N2O2/c29-27(30)35-22-13-9-18(10-14-22)17-20-5-4-8-24-25(20)33-34(21-6-2-1-3-7-21)26(24)19-11-15-23(16-12-19)36-28(31)32/h1-3,6-7,9-17,24,26-28H,4-5,8H2/b20-17-/t24-,26+/m1/s1. The Morgan fingerprint density at radius 3 is 2.03 bits per heavy atom. The van der Waals surface area contributed by atoms with Crippen molar-refractivity contribution in [3.8, 4) is 11.5 Å². The molecule has 1 aliphatic heterocycles. The second-order valence-electron chi connectivity index (χ2n) is 8.67. The lowest BCUT2D eigenvalue weighted by Crippen LogP contribution is -2.28. The van der Waals surface area contributed by atoms with Crippen LogP contribution in [0.15, 0.2) is 89.5 Å². The normalized spacial score (nSPS) is 20.6. The first-order chi connectivity index (χ1) is 17.5. The molecule has 186 valence electrons. The number of allylic oxidation sites excluding steroid dienone is 1. The maximum absolute atomic E-state index is 12.6. The Labute approximate surface area is 206 Å². The van der Waals surface area contributed by atoms with Crippen LogP contribution < -0.4 is 14.5 Å². The van der Waals surface area contributed by atoms with E-state index < -0.39 is 13.2 Å². The molecule has 5 rings (SSSR count). The second-order valence-corrected chi connectivity index (χ2v) is 8.67. The summed E-state index contributed by atoms with van der Waals surface area (Å²) < 4.78 is 59.2. The number of alkyl halides is 4. The van der Waals surface area contributed by atoms with Crippen LogP contribution in [0.3, 0.4) is 0 Å². The summed E-state index contributed by atoms with van der Waals surface area (Å²) in [5.41, 5.74) is 4.84. The first-order valence-electron chi connectivity index (χ1n) is 11.7. The number of para-hydroxylation sites is 1.